The van der Waals surface area contributed by atoms with Crippen LogP contribution in [0.25, 0.3) is 104 Å². The summed E-state index contributed by atoms with van der Waals surface area (Å²) in [5, 5.41) is 12.7. The Kier molecular flexibility index (Phi) is 4.69. The van der Waals surface area contributed by atoms with Crippen LogP contribution in [0.5, 0.6) is 0 Å². The minimum Gasteiger partial charge on any atom is -0.309 e. The van der Waals surface area contributed by atoms with E-state index in [0.29, 0.717) is 0 Å². The summed E-state index contributed by atoms with van der Waals surface area (Å²) in [5.74, 6) is 0. The van der Waals surface area contributed by atoms with Gasteiger partial charge in [-0.1, -0.05) is 91.0 Å². The van der Waals surface area contributed by atoms with Crippen molar-refractivity contribution in [2.45, 2.75) is 0 Å². The Bertz CT molecular complexity index is 3270. The standard InChI is InChI=1S/C45H26N4/c1-2-11-30-27(10-1)19-24-35-42-41-34-14-5-8-18-39(34)47(40(41)26-36-32-13-4-7-17-38(32)49(43(30)35)44(36)42)28-20-22-29(23-21-28)48-37-16-6-3-12-31(37)33-15-9-25-46-45(33)48/h1-26H. The van der Waals surface area contributed by atoms with Gasteiger partial charge in [0, 0.05) is 66.0 Å². The number of hydrogen-bond acceptors (Lipinski definition) is 1. The minimum atomic E-state index is 0.973. The van der Waals surface area contributed by atoms with Gasteiger partial charge in [-0.2, -0.15) is 0 Å². The van der Waals surface area contributed by atoms with Crippen molar-refractivity contribution in [3.63, 3.8) is 0 Å². The average molecular weight is 623 g/mol. The first-order chi connectivity index (χ1) is 24.3. The molecule has 0 bridgehead atoms. The first-order valence-corrected chi connectivity index (χ1v) is 16.8. The SMILES string of the molecule is c1ccc2c(c1)ccc1c3c4c5ccccc5n(-c5ccc(-n6c7ccccc7c7cccnc76)cc5)c4cc4c5ccccc5n(c21)c43. The van der Waals surface area contributed by atoms with Crippen molar-refractivity contribution < 1.29 is 0 Å². The van der Waals surface area contributed by atoms with Gasteiger partial charge in [-0.25, -0.2) is 4.98 Å². The molecule has 7 aromatic carbocycles. The third-order valence-corrected chi connectivity index (χ3v) is 10.8. The molecule has 0 aliphatic heterocycles. The Hall–Kier alpha value is -6.65. The lowest BCUT2D eigenvalue weighted by Gasteiger charge is -2.11. The van der Waals surface area contributed by atoms with Gasteiger partial charge in [-0.15, -0.1) is 0 Å². The summed E-state index contributed by atoms with van der Waals surface area (Å²) in [6.45, 7) is 0. The largest absolute Gasteiger partial charge is 0.309 e. The maximum atomic E-state index is 4.81. The maximum absolute atomic E-state index is 4.81. The highest BCUT2D eigenvalue weighted by atomic mass is 15.0. The van der Waals surface area contributed by atoms with Crippen molar-refractivity contribution in [1.29, 1.82) is 0 Å². The molecule has 0 spiro atoms. The Morgan fingerprint density at radius 1 is 0.367 bits per heavy atom. The van der Waals surface area contributed by atoms with Crippen molar-refractivity contribution in [2.24, 2.45) is 0 Å². The van der Waals surface area contributed by atoms with Crippen molar-refractivity contribution in [3.05, 3.63) is 158 Å². The molecular formula is C45H26N4. The molecule has 0 aliphatic rings. The molecule has 0 unspecified atom stereocenters. The lowest BCUT2D eigenvalue weighted by molar-refractivity contribution is 1.12. The number of hydrogen-bond donors (Lipinski definition) is 0. The molecule has 0 aliphatic carbocycles. The second-order valence-corrected chi connectivity index (χ2v) is 13.2. The van der Waals surface area contributed by atoms with Crippen LogP contribution in [0.4, 0.5) is 0 Å². The summed E-state index contributed by atoms with van der Waals surface area (Å²) in [4.78, 5) is 4.81. The summed E-state index contributed by atoms with van der Waals surface area (Å²) in [6.07, 6.45) is 1.88. The van der Waals surface area contributed by atoms with E-state index >= 15 is 0 Å². The van der Waals surface area contributed by atoms with Crippen LogP contribution < -0.4 is 0 Å². The van der Waals surface area contributed by atoms with E-state index in [1.165, 1.54) is 81.4 Å². The molecule has 0 saturated heterocycles. The Morgan fingerprint density at radius 2 is 0.980 bits per heavy atom. The fraction of sp³-hybridized carbons (Fsp3) is 0. The summed E-state index contributed by atoms with van der Waals surface area (Å²) < 4.78 is 7.26. The van der Waals surface area contributed by atoms with Crippen LogP contribution in [0.3, 0.4) is 0 Å². The van der Waals surface area contributed by atoms with E-state index in [-0.39, 0.29) is 0 Å². The molecular weight excluding hydrogens is 597 g/mol. The zero-order chi connectivity index (χ0) is 31.8. The quantitative estimate of drug-likeness (QED) is 0.188. The van der Waals surface area contributed by atoms with Crippen molar-refractivity contribution in [1.82, 2.24) is 18.5 Å². The second kappa shape index (κ2) is 9.03. The zero-order valence-corrected chi connectivity index (χ0v) is 26.3. The van der Waals surface area contributed by atoms with E-state index in [9.17, 15) is 0 Å². The van der Waals surface area contributed by atoms with Gasteiger partial charge in [0.25, 0.3) is 0 Å². The fourth-order valence-corrected chi connectivity index (χ4v) is 8.85. The van der Waals surface area contributed by atoms with Crippen LogP contribution in [0.2, 0.25) is 0 Å². The van der Waals surface area contributed by atoms with Gasteiger partial charge in [-0.05, 0) is 66.0 Å². The van der Waals surface area contributed by atoms with Gasteiger partial charge in [0.05, 0.1) is 33.1 Å². The molecule has 0 amide bonds. The monoisotopic (exact) mass is 622 g/mol. The van der Waals surface area contributed by atoms with E-state index in [0.717, 1.165) is 22.5 Å². The third kappa shape index (κ3) is 3.12. The minimum absolute atomic E-state index is 0.973. The predicted octanol–water partition coefficient (Wildman–Crippen LogP) is 11.6. The fourth-order valence-electron chi connectivity index (χ4n) is 8.85. The molecule has 5 heterocycles. The van der Waals surface area contributed by atoms with E-state index in [1.54, 1.807) is 0 Å². The molecule has 0 saturated carbocycles. The molecule has 226 valence electrons. The summed E-state index contributed by atoms with van der Waals surface area (Å²) in [7, 11) is 0. The lowest BCUT2D eigenvalue weighted by Crippen LogP contribution is -1.98. The number of benzene rings is 7. The molecule has 4 heteroatoms. The number of rotatable bonds is 2. The van der Waals surface area contributed by atoms with Gasteiger partial charge >= 0.3 is 0 Å². The van der Waals surface area contributed by atoms with Crippen molar-refractivity contribution in [3.8, 4) is 11.4 Å². The Morgan fingerprint density at radius 3 is 1.78 bits per heavy atom. The third-order valence-electron chi connectivity index (χ3n) is 10.8. The van der Waals surface area contributed by atoms with E-state index in [4.69, 9.17) is 4.98 Å². The van der Waals surface area contributed by atoms with Gasteiger partial charge in [0.1, 0.15) is 5.65 Å². The van der Waals surface area contributed by atoms with Gasteiger partial charge in [0.2, 0.25) is 0 Å². The predicted molar refractivity (Wildman–Crippen MR) is 205 cm³/mol. The summed E-state index contributed by atoms with van der Waals surface area (Å²) in [5.41, 5.74) is 10.6. The first kappa shape index (κ1) is 25.4. The highest BCUT2D eigenvalue weighted by molar-refractivity contribution is 6.37. The van der Waals surface area contributed by atoms with E-state index in [2.05, 4.69) is 159 Å². The number of nitrogens with zero attached hydrogens (tertiary/aromatic N) is 4. The Labute approximate surface area is 279 Å². The van der Waals surface area contributed by atoms with Crippen LogP contribution in [0.1, 0.15) is 0 Å². The summed E-state index contributed by atoms with van der Waals surface area (Å²) >= 11 is 0. The van der Waals surface area contributed by atoms with Crippen LogP contribution >= 0.6 is 0 Å². The van der Waals surface area contributed by atoms with Crippen LogP contribution in [0.15, 0.2) is 158 Å². The van der Waals surface area contributed by atoms with E-state index < -0.39 is 0 Å². The molecule has 49 heavy (non-hydrogen) atoms. The molecule has 12 rings (SSSR count). The second-order valence-electron chi connectivity index (χ2n) is 13.2. The smallest absolute Gasteiger partial charge is 0.145 e. The maximum Gasteiger partial charge on any atom is 0.145 e. The Balaban J connectivity index is 1.20. The molecule has 4 nitrogen and oxygen atoms in total. The number of aromatic nitrogens is 4. The topological polar surface area (TPSA) is 27.2 Å². The molecule has 0 radical (unpaired) electrons. The van der Waals surface area contributed by atoms with Crippen molar-refractivity contribution in [2.75, 3.05) is 0 Å². The van der Waals surface area contributed by atoms with Crippen LogP contribution in [-0.4, -0.2) is 18.5 Å². The van der Waals surface area contributed by atoms with Crippen LogP contribution in [-0.2, 0) is 0 Å². The first-order valence-electron chi connectivity index (χ1n) is 16.8. The molecule has 0 atom stereocenters. The van der Waals surface area contributed by atoms with Gasteiger partial charge < -0.3 is 8.97 Å². The highest BCUT2D eigenvalue weighted by Gasteiger charge is 2.25. The van der Waals surface area contributed by atoms with Crippen LogP contribution in [0, 0.1) is 0 Å². The van der Waals surface area contributed by atoms with Crippen molar-refractivity contribution >= 4 is 92.6 Å². The van der Waals surface area contributed by atoms with Gasteiger partial charge in [-0.3, -0.25) is 4.57 Å². The molecule has 0 fully saturated rings. The number of para-hydroxylation sites is 3. The normalized spacial score (nSPS) is 12.5. The zero-order valence-electron chi connectivity index (χ0n) is 26.3. The highest BCUT2D eigenvalue weighted by Crippen LogP contribution is 2.48. The van der Waals surface area contributed by atoms with Gasteiger partial charge in [0.15, 0.2) is 0 Å². The molecule has 5 aromatic heterocycles. The number of pyridine rings is 1. The average Bonchev–Trinajstić information content (AvgIpc) is 3.89. The molecule has 12 aromatic rings. The lowest BCUT2D eigenvalue weighted by atomic mass is 10.00. The molecule has 0 N–H and O–H groups in total. The number of fused-ring (bicyclic) bond motifs is 15. The van der Waals surface area contributed by atoms with E-state index in [1.807, 2.05) is 12.3 Å². The summed E-state index contributed by atoms with van der Waals surface area (Å²) in [6, 6.07) is 55.4.